The summed E-state index contributed by atoms with van der Waals surface area (Å²) >= 11 is 0. The summed E-state index contributed by atoms with van der Waals surface area (Å²) in [5.74, 6) is -0.259. The second kappa shape index (κ2) is 7.29. The maximum atomic E-state index is 11.2. The molecule has 80 valence electrons. The first-order valence-corrected chi connectivity index (χ1v) is 4.40. The van der Waals surface area contributed by atoms with Crippen LogP contribution in [0.5, 0.6) is 0 Å². The SMILES string of the molecule is C/C=C/C=C/[C@@H](O)CC(=O)N(C)OC. The number of amides is 1. The molecule has 0 aromatic heterocycles. The molecule has 0 rings (SSSR count). The Balaban J connectivity index is 3.93. The van der Waals surface area contributed by atoms with Gasteiger partial charge in [-0.3, -0.25) is 9.63 Å². The standard InChI is InChI=1S/C10H17NO3/c1-4-5-6-7-9(12)8-10(13)11(2)14-3/h4-7,9,12H,8H2,1-3H3/b5-4+,7-6+/t9-/m1/s1. The van der Waals surface area contributed by atoms with Gasteiger partial charge in [-0.2, -0.15) is 0 Å². The fourth-order valence-corrected chi connectivity index (χ4v) is 0.781. The quantitative estimate of drug-likeness (QED) is 0.528. The Morgan fingerprint density at radius 3 is 2.71 bits per heavy atom. The predicted molar refractivity (Wildman–Crippen MR) is 54.4 cm³/mol. The molecule has 0 heterocycles. The van der Waals surface area contributed by atoms with Gasteiger partial charge in [-0.25, -0.2) is 5.06 Å². The summed E-state index contributed by atoms with van der Waals surface area (Å²) in [4.78, 5) is 15.9. The van der Waals surface area contributed by atoms with Gasteiger partial charge in [-0.05, 0) is 6.92 Å². The first-order chi connectivity index (χ1) is 6.61. The molecule has 1 amide bonds. The molecule has 0 spiro atoms. The minimum absolute atomic E-state index is 0.0262. The van der Waals surface area contributed by atoms with E-state index in [0.29, 0.717) is 0 Å². The van der Waals surface area contributed by atoms with E-state index in [4.69, 9.17) is 0 Å². The van der Waals surface area contributed by atoms with Crippen LogP contribution in [0.3, 0.4) is 0 Å². The van der Waals surface area contributed by atoms with Gasteiger partial charge in [0, 0.05) is 7.05 Å². The Hall–Kier alpha value is -1.13. The van der Waals surface area contributed by atoms with Crippen LogP contribution in [-0.4, -0.2) is 36.3 Å². The largest absolute Gasteiger partial charge is 0.388 e. The summed E-state index contributed by atoms with van der Waals surface area (Å²) < 4.78 is 0. The monoisotopic (exact) mass is 199 g/mol. The number of aliphatic hydroxyl groups is 1. The minimum atomic E-state index is -0.767. The first-order valence-electron chi connectivity index (χ1n) is 4.40. The van der Waals surface area contributed by atoms with E-state index in [1.807, 2.05) is 13.0 Å². The van der Waals surface area contributed by atoms with Gasteiger partial charge in [0.25, 0.3) is 0 Å². The molecular weight excluding hydrogens is 182 g/mol. The van der Waals surface area contributed by atoms with Crippen molar-refractivity contribution in [1.29, 1.82) is 0 Å². The van der Waals surface area contributed by atoms with Crippen molar-refractivity contribution in [3.05, 3.63) is 24.3 Å². The number of allylic oxidation sites excluding steroid dienone is 3. The Labute approximate surface area is 84.4 Å². The van der Waals surface area contributed by atoms with Crippen LogP contribution in [0.25, 0.3) is 0 Å². The fraction of sp³-hybridized carbons (Fsp3) is 0.500. The molecule has 0 aliphatic carbocycles. The Bertz CT molecular complexity index is 223. The average Bonchev–Trinajstić information content (AvgIpc) is 2.16. The third kappa shape index (κ3) is 5.50. The van der Waals surface area contributed by atoms with Crippen molar-refractivity contribution in [2.75, 3.05) is 14.2 Å². The van der Waals surface area contributed by atoms with Gasteiger partial charge in [0.15, 0.2) is 0 Å². The van der Waals surface area contributed by atoms with Crippen molar-refractivity contribution < 1.29 is 14.7 Å². The lowest BCUT2D eigenvalue weighted by Gasteiger charge is -2.14. The van der Waals surface area contributed by atoms with Crippen LogP contribution in [-0.2, 0) is 9.63 Å². The molecule has 4 heteroatoms. The summed E-state index contributed by atoms with van der Waals surface area (Å²) in [7, 11) is 2.91. The molecule has 0 saturated heterocycles. The summed E-state index contributed by atoms with van der Waals surface area (Å²) in [6.45, 7) is 1.88. The smallest absolute Gasteiger partial charge is 0.248 e. The summed E-state index contributed by atoms with van der Waals surface area (Å²) in [5.41, 5.74) is 0. The van der Waals surface area contributed by atoms with Crippen LogP contribution in [0.4, 0.5) is 0 Å². The molecular formula is C10H17NO3. The number of rotatable bonds is 5. The molecule has 14 heavy (non-hydrogen) atoms. The van der Waals surface area contributed by atoms with Gasteiger partial charge < -0.3 is 5.11 Å². The summed E-state index contributed by atoms with van der Waals surface area (Å²) in [6.07, 6.45) is 6.14. The zero-order chi connectivity index (χ0) is 11.0. The van der Waals surface area contributed by atoms with Crippen molar-refractivity contribution >= 4 is 5.91 Å². The van der Waals surface area contributed by atoms with Gasteiger partial charge in [-0.15, -0.1) is 0 Å². The lowest BCUT2D eigenvalue weighted by Crippen LogP contribution is -2.28. The maximum Gasteiger partial charge on any atom is 0.248 e. The zero-order valence-electron chi connectivity index (χ0n) is 8.80. The number of hydrogen-bond donors (Lipinski definition) is 1. The summed E-state index contributed by atoms with van der Waals surface area (Å²) in [6, 6.07) is 0. The van der Waals surface area contributed by atoms with Crippen LogP contribution in [0.2, 0.25) is 0 Å². The van der Waals surface area contributed by atoms with Gasteiger partial charge in [0.2, 0.25) is 5.91 Å². The number of nitrogens with zero attached hydrogens (tertiary/aromatic N) is 1. The van der Waals surface area contributed by atoms with E-state index in [1.165, 1.54) is 14.2 Å². The highest BCUT2D eigenvalue weighted by atomic mass is 16.7. The van der Waals surface area contributed by atoms with E-state index in [1.54, 1.807) is 18.2 Å². The van der Waals surface area contributed by atoms with E-state index >= 15 is 0 Å². The number of hydrogen-bond acceptors (Lipinski definition) is 3. The Morgan fingerprint density at radius 1 is 1.57 bits per heavy atom. The molecule has 0 aromatic carbocycles. The summed E-state index contributed by atoms with van der Waals surface area (Å²) in [5, 5.41) is 10.5. The number of carbonyl (C=O) groups excluding carboxylic acids is 1. The van der Waals surface area contributed by atoms with Crippen LogP contribution in [0, 0.1) is 0 Å². The predicted octanol–water partition coefficient (Wildman–Crippen LogP) is 0.890. The molecule has 0 radical (unpaired) electrons. The molecule has 0 unspecified atom stereocenters. The van der Waals surface area contributed by atoms with Crippen molar-refractivity contribution in [3.63, 3.8) is 0 Å². The molecule has 0 bridgehead atoms. The molecule has 4 nitrogen and oxygen atoms in total. The second-order valence-corrected chi connectivity index (χ2v) is 2.76. The van der Waals surface area contributed by atoms with E-state index in [0.717, 1.165) is 5.06 Å². The van der Waals surface area contributed by atoms with Crippen LogP contribution < -0.4 is 0 Å². The number of carbonyl (C=O) groups is 1. The maximum absolute atomic E-state index is 11.2. The highest BCUT2D eigenvalue weighted by Gasteiger charge is 2.11. The Kier molecular flexibility index (Phi) is 6.70. The second-order valence-electron chi connectivity index (χ2n) is 2.76. The molecule has 0 fully saturated rings. The minimum Gasteiger partial charge on any atom is -0.388 e. The van der Waals surface area contributed by atoms with Crippen LogP contribution in [0.1, 0.15) is 13.3 Å². The third-order valence-corrected chi connectivity index (χ3v) is 1.65. The first kappa shape index (κ1) is 12.9. The topological polar surface area (TPSA) is 49.8 Å². The van der Waals surface area contributed by atoms with Crippen molar-refractivity contribution in [2.24, 2.45) is 0 Å². The number of aliphatic hydroxyl groups excluding tert-OH is 1. The highest BCUT2D eigenvalue weighted by molar-refractivity contribution is 5.75. The van der Waals surface area contributed by atoms with Gasteiger partial charge in [0.05, 0.1) is 19.6 Å². The number of hydroxylamine groups is 2. The lowest BCUT2D eigenvalue weighted by atomic mass is 10.2. The molecule has 0 aliphatic heterocycles. The Morgan fingerprint density at radius 2 is 2.21 bits per heavy atom. The van der Waals surface area contributed by atoms with Gasteiger partial charge in [-0.1, -0.05) is 24.3 Å². The molecule has 1 atom stereocenters. The van der Waals surface area contributed by atoms with Gasteiger partial charge >= 0.3 is 0 Å². The van der Waals surface area contributed by atoms with E-state index in [9.17, 15) is 9.90 Å². The normalized spacial score (nSPS) is 13.7. The van der Waals surface area contributed by atoms with Crippen LogP contribution >= 0.6 is 0 Å². The molecule has 1 N–H and O–H groups in total. The van der Waals surface area contributed by atoms with Crippen molar-refractivity contribution in [2.45, 2.75) is 19.4 Å². The third-order valence-electron chi connectivity index (χ3n) is 1.65. The zero-order valence-corrected chi connectivity index (χ0v) is 8.80. The highest BCUT2D eigenvalue weighted by Crippen LogP contribution is 1.98. The van der Waals surface area contributed by atoms with Crippen LogP contribution in [0.15, 0.2) is 24.3 Å². The fourth-order valence-electron chi connectivity index (χ4n) is 0.781. The van der Waals surface area contributed by atoms with E-state index in [2.05, 4.69) is 4.84 Å². The molecule has 0 saturated carbocycles. The van der Waals surface area contributed by atoms with Gasteiger partial charge in [0.1, 0.15) is 0 Å². The average molecular weight is 199 g/mol. The lowest BCUT2D eigenvalue weighted by molar-refractivity contribution is -0.170. The molecule has 0 aliphatic rings. The van der Waals surface area contributed by atoms with E-state index < -0.39 is 6.10 Å². The van der Waals surface area contributed by atoms with E-state index in [-0.39, 0.29) is 12.3 Å². The molecule has 0 aromatic rings. The van der Waals surface area contributed by atoms with Crippen molar-refractivity contribution in [1.82, 2.24) is 5.06 Å². The van der Waals surface area contributed by atoms with Crippen molar-refractivity contribution in [3.8, 4) is 0 Å².